The molecule has 8 heteroatoms. The Kier molecular flexibility index (Phi) is 4.31. The van der Waals surface area contributed by atoms with Crippen molar-refractivity contribution in [2.75, 3.05) is 5.32 Å². The number of aryl methyl sites for hydroxylation is 1. The number of pyridine rings is 1. The van der Waals surface area contributed by atoms with Gasteiger partial charge in [0.1, 0.15) is 17.5 Å². The third-order valence-corrected chi connectivity index (χ3v) is 4.13. The molecule has 5 nitrogen and oxygen atoms in total. The molecule has 0 unspecified atom stereocenters. The van der Waals surface area contributed by atoms with E-state index in [0.717, 1.165) is 12.1 Å². The molecule has 0 spiro atoms. The smallest absolute Gasteiger partial charge is 0.259 e. The van der Waals surface area contributed by atoms with Gasteiger partial charge in [-0.25, -0.2) is 18.2 Å². The zero-order valence-corrected chi connectivity index (χ0v) is 14.5. The number of amides is 1. The fraction of sp³-hybridized carbons (Fsp3) is 0.0500. The maximum Gasteiger partial charge on any atom is 0.259 e. The van der Waals surface area contributed by atoms with Crippen molar-refractivity contribution >= 4 is 22.7 Å². The summed E-state index contributed by atoms with van der Waals surface area (Å²) in [6.07, 6.45) is 0. The minimum absolute atomic E-state index is 0.0498. The van der Waals surface area contributed by atoms with Gasteiger partial charge in [0.25, 0.3) is 11.6 Å². The zero-order chi connectivity index (χ0) is 19.8. The van der Waals surface area contributed by atoms with Crippen molar-refractivity contribution in [2.24, 2.45) is 0 Å². The molecule has 28 heavy (non-hydrogen) atoms. The van der Waals surface area contributed by atoms with Crippen LogP contribution in [0.4, 0.5) is 18.9 Å². The Balaban J connectivity index is 1.84. The molecule has 4 aromatic rings. The summed E-state index contributed by atoms with van der Waals surface area (Å²) in [5.41, 5.74) is 0.814. The number of aromatic nitrogens is 2. The average Bonchev–Trinajstić information content (AvgIpc) is 3.01. The number of carbonyl (C=O) groups is 1. The van der Waals surface area contributed by atoms with Crippen molar-refractivity contribution in [3.05, 3.63) is 77.2 Å². The van der Waals surface area contributed by atoms with Crippen molar-refractivity contribution in [3.8, 4) is 11.3 Å². The van der Waals surface area contributed by atoms with E-state index in [1.54, 1.807) is 13.0 Å². The second kappa shape index (κ2) is 6.80. The van der Waals surface area contributed by atoms with Gasteiger partial charge in [-0.3, -0.25) is 4.79 Å². The summed E-state index contributed by atoms with van der Waals surface area (Å²) < 4.78 is 46.1. The lowest BCUT2D eigenvalue weighted by atomic mass is 10.0. The molecule has 0 saturated carbocycles. The Labute approximate surface area is 156 Å². The Morgan fingerprint density at radius 3 is 2.46 bits per heavy atom. The van der Waals surface area contributed by atoms with Crippen LogP contribution in [0.3, 0.4) is 0 Å². The molecular formula is C20H12F3N3O2. The van der Waals surface area contributed by atoms with Crippen LogP contribution in [0.1, 0.15) is 16.1 Å². The number of fused-ring (bicyclic) bond motifs is 1. The molecule has 0 fully saturated rings. The summed E-state index contributed by atoms with van der Waals surface area (Å²) in [5.74, 6) is -2.85. The van der Waals surface area contributed by atoms with E-state index in [1.165, 1.54) is 24.3 Å². The van der Waals surface area contributed by atoms with Crippen LogP contribution in [0, 0.1) is 24.4 Å². The molecule has 0 aliphatic heterocycles. The third kappa shape index (κ3) is 3.20. The van der Waals surface area contributed by atoms with Crippen molar-refractivity contribution in [2.45, 2.75) is 6.92 Å². The average molecular weight is 383 g/mol. The molecule has 0 bridgehead atoms. The van der Waals surface area contributed by atoms with Gasteiger partial charge >= 0.3 is 0 Å². The third-order valence-electron chi connectivity index (χ3n) is 4.13. The maximum absolute atomic E-state index is 14.2. The maximum atomic E-state index is 14.2. The Bertz CT molecular complexity index is 1200. The molecule has 2 aromatic heterocycles. The summed E-state index contributed by atoms with van der Waals surface area (Å²) in [6, 6.07) is 9.98. The van der Waals surface area contributed by atoms with E-state index < -0.39 is 23.4 Å². The van der Waals surface area contributed by atoms with Crippen LogP contribution in [0.5, 0.6) is 0 Å². The number of nitrogens with zero attached hydrogens (tertiary/aromatic N) is 2. The molecule has 4 rings (SSSR count). The molecule has 0 atom stereocenters. The van der Waals surface area contributed by atoms with E-state index in [1.807, 2.05) is 0 Å². The van der Waals surface area contributed by atoms with Crippen LogP contribution in [0.15, 0.2) is 53.1 Å². The Morgan fingerprint density at radius 1 is 1.04 bits per heavy atom. The van der Waals surface area contributed by atoms with Crippen LogP contribution in [-0.2, 0) is 0 Å². The molecular weight excluding hydrogens is 371 g/mol. The molecule has 0 aliphatic carbocycles. The number of rotatable bonds is 3. The highest BCUT2D eigenvalue weighted by molar-refractivity contribution is 6.13. The highest BCUT2D eigenvalue weighted by atomic mass is 19.1. The topological polar surface area (TPSA) is 68.0 Å². The number of hydrogen-bond acceptors (Lipinski definition) is 4. The summed E-state index contributed by atoms with van der Waals surface area (Å²) in [7, 11) is 0. The number of carbonyl (C=O) groups excluding carboxylic acids is 1. The molecule has 2 heterocycles. The normalized spacial score (nSPS) is 11.0. The van der Waals surface area contributed by atoms with Crippen molar-refractivity contribution in [3.63, 3.8) is 0 Å². The van der Waals surface area contributed by atoms with Crippen molar-refractivity contribution < 1.29 is 22.5 Å². The summed E-state index contributed by atoms with van der Waals surface area (Å²) in [5, 5.41) is 6.56. The van der Waals surface area contributed by atoms with E-state index in [0.29, 0.717) is 17.1 Å². The first kappa shape index (κ1) is 17.7. The molecule has 1 amide bonds. The zero-order valence-electron chi connectivity index (χ0n) is 14.5. The fourth-order valence-corrected chi connectivity index (χ4v) is 2.91. The van der Waals surface area contributed by atoms with Crippen molar-refractivity contribution in [1.29, 1.82) is 0 Å². The summed E-state index contributed by atoms with van der Waals surface area (Å²) >= 11 is 0. The lowest BCUT2D eigenvalue weighted by Gasteiger charge is -2.09. The van der Waals surface area contributed by atoms with E-state index in [9.17, 15) is 18.0 Å². The van der Waals surface area contributed by atoms with Gasteiger partial charge in [-0.2, -0.15) is 0 Å². The number of halogens is 3. The lowest BCUT2D eigenvalue weighted by molar-refractivity contribution is 0.102. The largest absolute Gasteiger partial charge is 0.335 e. The minimum Gasteiger partial charge on any atom is -0.335 e. The summed E-state index contributed by atoms with van der Waals surface area (Å²) in [4.78, 5) is 17.1. The van der Waals surface area contributed by atoms with E-state index >= 15 is 0 Å². The quantitative estimate of drug-likeness (QED) is 0.548. The van der Waals surface area contributed by atoms with E-state index in [4.69, 9.17) is 4.52 Å². The van der Waals surface area contributed by atoms with Crippen LogP contribution in [0.25, 0.3) is 22.4 Å². The van der Waals surface area contributed by atoms with Crippen LogP contribution in [0.2, 0.25) is 0 Å². The highest BCUT2D eigenvalue weighted by Gasteiger charge is 2.20. The minimum atomic E-state index is -0.830. The molecule has 0 radical (unpaired) electrons. The second-order valence-corrected chi connectivity index (χ2v) is 6.10. The van der Waals surface area contributed by atoms with Gasteiger partial charge in [0.05, 0.1) is 22.3 Å². The number of anilines is 1. The number of nitrogens with one attached hydrogen (secondary N) is 1. The lowest BCUT2D eigenvalue weighted by Crippen LogP contribution is -2.13. The standard InChI is InChI=1S/C20H12F3N3O2/c1-10-18-15(19(27)24-13-7-11(21)6-12(22)8-13)9-17(25-20(18)28-26-10)14-4-2-3-5-16(14)23/h2-9H,1H3,(H,24,27). The van der Waals surface area contributed by atoms with Crippen molar-refractivity contribution in [1.82, 2.24) is 10.1 Å². The van der Waals surface area contributed by atoms with Gasteiger partial charge in [0.15, 0.2) is 0 Å². The molecule has 0 aliphatic rings. The molecule has 1 N–H and O–H groups in total. The molecule has 0 saturated heterocycles. The van der Waals surface area contributed by atoms with E-state index in [-0.39, 0.29) is 28.2 Å². The highest BCUT2D eigenvalue weighted by Crippen LogP contribution is 2.29. The first-order valence-electron chi connectivity index (χ1n) is 8.22. The van der Waals surface area contributed by atoms with Gasteiger partial charge in [-0.15, -0.1) is 0 Å². The van der Waals surface area contributed by atoms with Gasteiger partial charge in [0.2, 0.25) is 0 Å². The first-order chi connectivity index (χ1) is 13.4. The predicted molar refractivity (Wildman–Crippen MR) is 96.2 cm³/mol. The van der Waals surface area contributed by atoms with Gasteiger partial charge in [-0.1, -0.05) is 17.3 Å². The fourth-order valence-electron chi connectivity index (χ4n) is 2.91. The number of benzene rings is 2. The first-order valence-corrected chi connectivity index (χ1v) is 8.22. The van der Waals surface area contributed by atoms with Crippen LogP contribution >= 0.6 is 0 Å². The van der Waals surface area contributed by atoms with Crippen LogP contribution in [-0.4, -0.2) is 16.0 Å². The van der Waals surface area contributed by atoms with E-state index in [2.05, 4.69) is 15.5 Å². The Morgan fingerprint density at radius 2 is 1.75 bits per heavy atom. The number of hydrogen-bond donors (Lipinski definition) is 1. The second-order valence-electron chi connectivity index (χ2n) is 6.10. The molecule has 140 valence electrons. The van der Waals surface area contributed by atoms with Gasteiger partial charge in [0, 0.05) is 17.3 Å². The molecule has 2 aromatic carbocycles. The SMILES string of the molecule is Cc1noc2nc(-c3ccccc3F)cc(C(=O)Nc3cc(F)cc(F)c3)c12. The summed E-state index contributed by atoms with van der Waals surface area (Å²) in [6.45, 7) is 1.62. The predicted octanol–water partition coefficient (Wildman–Crippen LogP) is 4.87. The van der Waals surface area contributed by atoms with Gasteiger partial charge < -0.3 is 9.84 Å². The van der Waals surface area contributed by atoms with Gasteiger partial charge in [-0.05, 0) is 37.3 Å². The Hall–Kier alpha value is -3.68. The van der Waals surface area contributed by atoms with Crippen LogP contribution < -0.4 is 5.32 Å². The monoisotopic (exact) mass is 383 g/mol.